The van der Waals surface area contributed by atoms with Crippen LogP contribution in [0.25, 0.3) is 0 Å². The van der Waals surface area contributed by atoms with Crippen LogP contribution >= 0.6 is 0 Å². The second-order valence-corrected chi connectivity index (χ2v) is 18.4. The molecule has 3 amide bonds. The van der Waals surface area contributed by atoms with Crippen molar-refractivity contribution in [1.82, 2.24) is 30.5 Å². The first-order valence-electron chi connectivity index (χ1n) is 18.0. The summed E-state index contributed by atoms with van der Waals surface area (Å²) in [6.45, 7) is 13.1. The molecule has 5 N–H and O–H groups in total. The maximum absolute atomic E-state index is 14.7. The number of carbonyl (C=O) groups excluding carboxylic acids is 4. The maximum Gasteiger partial charge on any atom is 0.289 e. The number of aliphatic hydroxyl groups excluding tert-OH is 1. The second kappa shape index (κ2) is 15.4. The molecule has 4 rings (SSSR count). The van der Waals surface area contributed by atoms with E-state index < -0.39 is 63.6 Å². The summed E-state index contributed by atoms with van der Waals surface area (Å²) in [7, 11) is -1.97. The van der Waals surface area contributed by atoms with Crippen LogP contribution in [-0.4, -0.2) is 109 Å². The minimum atomic E-state index is -3.35. The number of rotatable bonds is 14. The van der Waals surface area contributed by atoms with E-state index in [0.29, 0.717) is 32.4 Å². The molecule has 0 aromatic carbocycles. The number of fused-ring (bicyclic) bond motifs is 1. The Morgan fingerprint density at radius 1 is 1.02 bits per heavy atom. The first-order chi connectivity index (χ1) is 22.4. The van der Waals surface area contributed by atoms with E-state index in [0.717, 1.165) is 38.5 Å². The summed E-state index contributed by atoms with van der Waals surface area (Å²) in [5, 5.41) is 23.0. The van der Waals surface area contributed by atoms with Crippen molar-refractivity contribution in [2.45, 2.75) is 130 Å². The zero-order valence-corrected chi connectivity index (χ0v) is 30.8. The molecule has 4 aliphatic rings. The van der Waals surface area contributed by atoms with Crippen LogP contribution in [0.2, 0.25) is 0 Å². The van der Waals surface area contributed by atoms with Gasteiger partial charge in [0.25, 0.3) is 5.91 Å². The Balaban J connectivity index is 1.58. The molecule has 2 saturated heterocycles. The van der Waals surface area contributed by atoms with Crippen LogP contribution in [0.3, 0.4) is 0 Å². The summed E-state index contributed by atoms with van der Waals surface area (Å²) in [5.41, 5.74) is -0.605. The fourth-order valence-electron chi connectivity index (χ4n) is 8.61. The van der Waals surface area contributed by atoms with Gasteiger partial charge < -0.3 is 20.6 Å². The number of likely N-dealkylation sites (N-methyl/N-ethyl adjacent to an activating group) is 1. The van der Waals surface area contributed by atoms with Gasteiger partial charge in [-0.2, -0.15) is 0 Å². The molecule has 2 aliphatic carbocycles. The van der Waals surface area contributed by atoms with Gasteiger partial charge in [0.1, 0.15) is 6.04 Å². The lowest BCUT2D eigenvalue weighted by Gasteiger charge is -2.49. The standard InChI is InChI=1S/C34H60N6O7S/c1-8-13-23(28(41)30(43)35-7)36-29(42)27-25-22(18-34(25,5)6)19-40(27)31(44)26(21-14-10-9-11-15-21)38-32(45)37-24(33(2,3)4)20-39-16-12-17-48(39,46)47/h21-27,32,37-38,45H,8-20H2,1-7H3,(H,35,43)(H,36,42)/t22-,23?,24+,25-,26-,27-,32?/m0/s1. The summed E-state index contributed by atoms with van der Waals surface area (Å²) in [6.07, 6.45) is 5.58. The van der Waals surface area contributed by atoms with E-state index in [1.165, 1.54) is 11.4 Å². The Hall–Kier alpha value is -2.13. The summed E-state index contributed by atoms with van der Waals surface area (Å²) < 4.78 is 26.7. The number of carbonyl (C=O) groups is 4. The average Bonchev–Trinajstić information content (AvgIpc) is 3.54. The lowest BCUT2D eigenvalue weighted by atomic mass is 9.55. The number of Topliss-reactive ketones (excluding diaryl/α,β-unsaturated/α-hetero) is 1. The Labute approximate surface area is 287 Å². The van der Waals surface area contributed by atoms with Gasteiger partial charge in [-0.15, -0.1) is 0 Å². The lowest BCUT2D eigenvalue weighted by molar-refractivity contribution is -0.146. The average molecular weight is 697 g/mol. The van der Waals surface area contributed by atoms with Gasteiger partial charge in [-0.3, -0.25) is 29.8 Å². The van der Waals surface area contributed by atoms with Crippen molar-refractivity contribution in [3.63, 3.8) is 0 Å². The van der Waals surface area contributed by atoms with Gasteiger partial charge in [0.2, 0.25) is 27.6 Å². The third-order valence-corrected chi connectivity index (χ3v) is 13.2. The predicted molar refractivity (Wildman–Crippen MR) is 183 cm³/mol. The maximum atomic E-state index is 14.7. The topological polar surface area (TPSA) is 177 Å². The summed E-state index contributed by atoms with van der Waals surface area (Å²) in [5.74, 6) is -2.10. The molecule has 0 spiro atoms. The predicted octanol–water partition coefficient (Wildman–Crippen LogP) is 1.31. The highest BCUT2D eigenvalue weighted by atomic mass is 32.2. The first kappa shape index (κ1) is 38.7. The third kappa shape index (κ3) is 8.59. The summed E-state index contributed by atoms with van der Waals surface area (Å²) in [4.78, 5) is 55.6. The normalized spacial score (nSPS) is 28.1. The van der Waals surface area contributed by atoms with E-state index in [1.54, 1.807) is 4.90 Å². The lowest BCUT2D eigenvalue weighted by Crippen LogP contribution is -2.63. The molecule has 0 aromatic rings. The zero-order chi connectivity index (χ0) is 35.6. The van der Waals surface area contributed by atoms with Crippen molar-refractivity contribution >= 4 is 33.5 Å². The molecule has 274 valence electrons. The van der Waals surface area contributed by atoms with Crippen LogP contribution in [0.5, 0.6) is 0 Å². The minimum absolute atomic E-state index is 0.0626. The third-order valence-electron chi connectivity index (χ3n) is 11.2. The van der Waals surface area contributed by atoms with Crippen molar-refractivity contribution < 1.29 is 32.7 Å². The number of hydrogen-bond donors (Lipinski definition) is 5. The molecule has 2 heterocycles. The Kier molecular flexibility index (Phi) is 12.4. The molecular weight excluding hydrogens is 636 g/mol. The van der Waals surface area contributed by atoms with Crippen molar-refractivity contribution in [1.29, 1.82) is 0 Å². The Morgan fingerprint density at radius 2 is 1.69 bits per heavy atom. The van der Waals surface area contributed by atoms with Crippen LogP contribution < -0.4 is 21.3 Å². The largest absolute Gasteiger partial charge is 0.365 e. The molecule has 14 heteroatoms. The van der Waals surface area contributed by atoms with Gasteiger partial charge in [0.05, 0.1) is 17.8 Å². The van der Waals surface area contributed by atoms with Crippen LogP contribution in [0.15, 0.2) is 0 Å². The van der Waals surface area contributed by atoms with E-state index in [2.05, 4.69) is 35.1 Å². The number of amides is 3. The van der Waals surface area contributed by atoms with Crippen LogP contribution in [0.1, 0.15) is 99.3 Å². The number of nitrogens with one attached hydrogen (secondary N) is 4. The van der Waals surface area contributed by atoms with E-state index in [9.17, 15) is 32.7 Å². The highest BCUT2D eigenvalue weighted by molar-refractivity contribution is 7.89. The SMILES string of the molecule is CCCC(NC(=O)[C@@H]1[C@@H]2[C@H](CN1C(=O)[C@@H](NC(O)N[C@H](CN1CCCS1(=O)=O)C(C)(C)C)C1CCCCC1)CC2(C)C)C(=O)C(=O)NC. The number of likely N-dealkylation sites (tertiary alicyclic amines) is 1. The van der Waals surface area contributed by atoms with Gasteiger partial charge in [-0.25, -0.2) is 12.7 Å². The highest BCUT2D eigenvalue weighted by Gasteiger charge is 2.61. The van der Waals surface area contributed by atoms with Crippen molar-refractivity contribution in [2.75, 3.05) is 32.4 Å². The minimum Gasteiger partial charge on any atom is -0.365 e. The molecule has 2 aliphatic heterocycles. The molecular formula is C34H60N6O7S. The van der Waals surface area contributed by atoms with Crippen molar-refractivity contribution in [3.05, 3.63) is 0 Å². The van der Waals surface area contributed by atoms with Crippen LogP contribution in [0, 0.1) is 28.6 Å². The molecule has 2 unspecified atom stereocenters. The number of ketones is 1. The van der Waals surface area contributed by atoms with E-state index >= 15 is 0 Å². The smallest absolute Gasteiger partial charge is 0.289 e. The van der Waals surface area contributed by atoms with Crippen LogP contribution in [-0.2, 0) is 29.2 Å². The second-order valence-electron chi connectivity index (χ2n) is 16.3. The molecule has 4 fully saturated rings. The van der Waals surface area contributed by atoms with Crippen LogP contribution in [0.4, 0.5) is 0 Å². The van der Waals surface area contributed by atoms with E-state index in [4.69, 9.17) is 0 Å². The van der Waals surface area contributed by atoms with Gasteiger partial charge >= 0.3 is 0 Å². The van der Waals surface area contributed by atoms with Gasteiger partial charge in [0, 0.05) is 32.7 Å². The van der Waals surface area contributed by atoms with Crippen molar-refractivity contribution in [3.8, 4) is 0 Å². The number of nitrogens with zero attached hydrogens (tertiary/aromatic N) is 2. The quantitative estimate of drug-likeness (QED) is 0.132. The molecule has 0 aromatic heterocycles. The van der Waals surface area contributed by atoms with Gasteiger partial charge in [0.15, 0.2) is 6.35 Å². The first-order valence-corrected chi connectivity index (χ1v) is 19.6. The fraction of sp³-hybridized carbons (Fsp3) is 0.882. The molecule has 0 radical (unpaired) electrons. The monoisotopic (exact) mass is 696 g/mol. The number of sulfonamides is 1. The summed E-state index contributed by atoms with van der Waals surface area (Å²) >= 11 is 0. The molecule has 2 saturated carbocycles. The van der Waals surface area contributed by atoms with Gasteiger partial charge in [-0.1, -0.05) is 67.2 Å². The molecule has 7 atom stereocenters. The molecule has 13 nitrogen and oxygen atoms in total. The van der Waals surface area contributed by atoms with Gasteiger partial charge in [-0.05, 0) is 60.7 Å². The molecule has 0 bridgehead atoms. The summed E-state index contributed by atoms with van der Waals surface area (Å²) in [6, 6.07) is -3.00. The van der Waals surface area contributed by atoms with E-state index in [1.807, 2.05) is 27.7 Å². The van der Waals surface area contributed by atoms with E-state index in [-0.39, 0.29) is 41.4 Å². The Bertz CT molecular complexity index is 1290. The van der Waals surface area contributed by atoms with Crippen molar-refractivity contribution in [2.24, 2.45) is 28.6 Å². The Morgan fingerprint density at radius 3 is 2.23 bits per heavy atom. The zero-order valence-electron chi connectivity index (χ0n) is 30.0. The highest BCUT2D eigenvalue weighted by Crippen LogP contribution is 2.57. The number of aliphatic hydroxyl groups is 1. The fourth-order valence-corrected chi connectivity index (χ4v) is 10.1. The molecule has 48 heavy (non-hydrogen) atoms. The number of hydrogen-bond acceptors (Lipinski definition) is 9.